The van der Waals surface area contributed by atoms with Crippen LogP contribution in [0.3, 0.4) is 0 Å². The second-order valence-corrected chi connectivity index (χ2v) is 30.9. The maximum Gasteiger partial charge on any atom is 0.472 e. The first-order valence-electron chi connectivity index (χ1n) is 39.0. The third-order valence-corrected chi connectivity index (χ3v) is 19.4. The monoisotopic (exact) mass is 1380 g/mol. The Kier molecular flexibility index (Phi) is 65.5. The highest BCUT2D eigenvalue weighted by Crippen LogP contribution is 2.45. The molecule has 0 saturated heterocycles. The number of carbonyl (C=O) groups excluding carboxylic acids is 4. The number of phosphoric acid groups is 2. The van der Waals surface area contributed by atoms with Crippen molar-refractivity contribution in [2.24, 2.45) is 11.8 Å². The van der Waals surface area contributed by atoms with Gasteiger partial charge in [-0.25, -0.2) is 9.13 Å². The van der Waals surface area contributed by atoms with Crippen LogP contribution >= 0.6 is 15.6 Å². The van der Waals surface area contributed by atoms with Crippen molar-refractivity contribution in [3.8, 4) is 0 Å². The highest BCUT2D eigenvalue weighted by Gasteiger charge is 2.30. The van der Waals surface area contributed by atoms with Crippen LogP contribution in [-0.2, 0) is 65.4 Å². The minimum atomic E-state index is -4.96. The molecule has 0 spiro atoms. The third-order valence-electron chi connectivity index (χ3n) is 17.5. The van der Waals surface area contributed by atoms with Crippen LogP contribution in [0.15, 0.2) is 0 Å². The molecule has 0 bridgehead atoms. The predicted molar refractivity (Wildman–Crippen MR) is 381 cm³/mol. The number of carbonyl (C=O) groups is 4. The van der Waals surface area contributed by atoms with Gasteiger partial charge in [0.05, 0.1) is 26.4 Å². The van der Waals surface area contributed by atoms with E-state index < -0.39 is 97.5 Å². The molecule has 0 fully saturated rings. The summed E-state index contributed by atoms with van der Waals surface area (Å²) in [7, 11) is -9.90. The van der Waals surface area contributed by atoms with E-state index in [1.54, 1.807) is 0 Å². The molecular formula is C75H146O17P2. The fourth-order valence-corrected chi connectivity index (χ4v) is 13.1. The van der Waals surface area contributed by atoms with E-state index in [0.29, 0.717) is 25.7 Å². The summed E-state index contributed by atoms with van der Waals surface area (Å²) in [4.78, 5) is 72.7. The molecule has 94 heavy (non-hydrogen) atoms. The predicted octanol–water partition coefficient (Wildman–Crippen LogP) is 21.9. The van der Waals surface area contributed by atoms with E-state index >= 15 is 0 Å². The summed E-state index contributed by atoms with van der Waals surface area (Å²) >= 11 is 0. The van der Waals surface area contributed by atoms with E-state index in [1.165, 1.54) is 205 Å². The Morgan fingerprint density at radius 3 is 0.723 bits per heavy atom. The first-order valence-corrected chi connectivity index (χ1v) is 42.0. The lowest BCUT2D eigenvalue weighted by molar-refractivity contribution is -0.161. The van der Waals surface area contributed by atoms with Crippen LogP contribution in [0, 0.1) is 11.8 Å². The minimum absolute atomic E-state index is 0.107. The summed E-state index contributed by atoms with van der Waals surface area (Å²) in [6.07, 6.45) is 54.1. The Balaban J connectivity index is 5.18. The largest absolute Gasteiger partial charge is 0.472 e. The van der Waals surface area contributed by atoms with Crippen LogP contribution in [0.2, 0.25) is 0 Å². The van der Waals surface area contributed by atoms with E-state index in [9.17, 15) is 43.2 Å². The summed E-state index contributed by atoms with van der Waals surface area (Å²) in [5.74, 6) is -0.554. The van der Waals surface area contributed by atoms with Crippen LogP contribution in [-0.4, -0.2) is 96.7 Å². The molecule has 0 amide bonds. The zero-order valence-electron chi connectivity index (χ0n) is 61.3. The lowest BCUT2D eigenvalue weighted by Gasteiger charge is -2.21. The van der Waals surface area contributed by atoms with Crippen LogP contribution in [0.5, 0.6) is 0 Å². The van der Waals surface area contributed by atoms with Crippen molar-refractivity contribution < 1.29 is 80.2 Å². The molecule has 0 radical (unpaired) electrons. The van der Waals surface area contributed by atoms with E-state index in [-0.39, 0.29) is 25.7 Å². The van der Waals surface area contributed by atoms with Crippen LogP contribution < -0.4 is 0 Å². The summed E-state index contributed by atoms with van der Waals surface area (Å²) in [6.45, 7) is 9.59. The van der Waals surface area contributed by atoms with Gasteiger partial charge < -0.3 is 33.8 Å². The van der Waals surface area contributed by atoms with Crippen molar-refractivity contribution in [3.63, 3.8) is 0 Å². The first-order chi connectivity index (χ1) is 45.4. The van der Waals surface area contributed by atoms with Gasteiger partial charge in [-0.1, -0.05) is 337 Å². The second-order valence-electron chi connectivity index (χ2n) is 28.0. The summed E-state index contributed by atoms with van der Waals surface area (Å²) in [6, 6.07) is 0. The molecule has 0 saturated carbocycles. The number of hydrogen-bond acceptors (Lipinski definition) is 15. The highest BCUT2D eigenvalue weighted by molar-refractivity contribution is 7.47. The SMILES string of the molecule is CCCCCCCCCCCCCCC(=O)O[C@H](COC(=O)CCCCCCCCCCC)COP(=O)(O)OC[C@H](O)COP(=O)(O)OC[C@@H](COC(=O)CCCCCCCCCCCC(C)C)OC(=O)CCCCCCCCCCCCCCCCCCCCC(C)C. The molecular weight excluding hydrogens is 1230 g/mol. The van der Waals surface area contributed by atoms with Gasteiger partial charge in [0.25, 0.3) is 0 Å². The molecule has 17 nitrogen and oxygen atoms in total. The maximum atomic E-state index is 13.1. The number of aliphatic hydroxyl groups is 1. The molecule has 0 aromatic heterocycles. The first kappa shape index (κ1) is 92.1. The lowest BCUT2D eigenvalue weighted by Crippen LogP contribution is -2.30. The molecule has 0 aliphatic carbocycles. The van der Waals surface area contributed by atoms with Gasteiger partial charge in [-0.3, -0.25) is 37.3 Å². The van der Waals surface area contributed by atoms with E-state index in [1.807, 2.05) is 0 Å². The van der Waals surface area contributed by atoms with E-state index in [0.717, 1.165) is 102 Å². The highest BCUT2D eigenvalue weighted by atomic mass is 31.2. The Morgan fingerprint density at radius 1 is 0.287 bits per heavy atom. The molecule has 558 valence electrons. The number of aliphatic hydroxyl groups excluding tert-OH is 1. The Morgan fingerprint density at radius 2 is 0.489 bits per heavy atom. The second kappa shape index (κ2) is 66.9. The topological polar surface area (TPSA) is 237 Å². The van der Waals surface area contributed by atoms with Crippen LogP contribution in [0.1, 0.15) is 388 Å². The molecule has 0 aliphatic rings. The Hall–Kier alpha value is -1.94. The van der Waals surface area contributed by atoms with Crippen LogP contribution in [0.4, 0.5) is 0 Å². The number of phosphoric ester groups is 2. The van der Waals surface area contributed by atoms with E-state index in [2.05, 4.69) is 41.5 Å². The summed E-state index contributed by atoms with van der Waals surface area (Å²) in [5, 5.41) is 10.6. The quantitative estimate of drug-likeness (QED) is 0.0222. The van der Waals surface area contributed by atoms with Gasteiger partial charge >= 0.3 is 39.5 Å². The van der Waals surface area contributed by atoms with Gasteiger partial charge in [-0.05, 0) is 37.5 Å². The Bertz CT molecular complexity index is 1820. The molecule has 3 N–H and O–H groups in total. The van der Waals surface area contributed by atoms with Crippen molar-refractivity contribution in [2.75, 3.05) is 39.6 Å². The molecule has 0 aliphatic heterocycles. The van der Waals surface area contributed by atoms with Crippen LogP contribution in [0.25, 0.3) is 0 Å². The van der Waals surface area contributed by atoms with Gasteiger partial charge in [-0.15, -0.1) is 0 Å². The average molecular weight is 1380 g/mol. The third kappa shape index (κ3) is 68.6. The number of esters is 4. The lowest BCUT2D eigenvalue weighted by atomic mass is 10.0. The van der Waals surface area contributed by atoms with Crippen molar-refractivity contribution in [1.29, 1.82) is 0 Å². The van der Waals surface area contributed by atoms with Crippen molar-refractivity contribution in [1.82, 2.24) is 0 Å². The standard InChI is InChI=1S/C75H146O17P2/c1-7-9-11-13-15-17-18-28-34-41-47-53-59-74(79)91-70(63-85-72(77)57-51-45-39-31-16-14-12-10-8-2)65-89-93(81,82)87-61-69(76)62-88-94(83,84)90-66-71(64-86-73(78)58-52-46-40-36-30-33-38-44-50-56-68(5)6)92-75(80)60-54-48-42-35-29-26-24-22-20-19-21-23-25-27-32-37-43-49-55-67(3)4/h67-71,76H,7-66H2,1-6H3,(H,81,82)(H,83,84)/t69-,70+,71+/m0/s1. The number of rotatable bonds is 74. The van der Waals surface area contributed by atoms with Crippen molar-refractivity contribution >= 4 is 39.5 Å². The fourth-order valence-electron chi connectivity index (χ4n) is 11.5. The van der Waals surface area contributed by atoms with Gasteiger partial charge in [0.2, 0.25) is 0 Å². The molecule has 5 atom stereocenters. The van der Waals surface area contributed by atoms with Crippen molar-refractivity contribution in [3.05, 3.63) is 0 Å². The van der Waals surface area contributed by atoms with Gasteiger partial charge in [0, 0.05) is 25.7 Å². The number of unbranched alkanes of at least 4 members (excludes halogenated alkanes) is 44. The van der Waals surface area contributed by atoms with Crippen molar-refractivity contribution in [2.45, 2.75) is 407 Å². The molecule has 0 aromatic rings. The number of ether oxygens (including phenoxy) is 4. The normalized spacial score (nSPS) is 14.0. The number of hydrogen-bond donors (Lipinski definition) is 3. The molecule has 19 heteroatoms. The van der Waals surface area contributed by atoms with E-state index in [4.69, 9.17) is 37.0 Å². The van der Waals surface area contributed by atoms with Gasteiger partial charge in [-0.2, -0.15) is 0 Å². The summed E-state index contributed by atoms with van der Waals surface area (Å²) in [5.41, 5.74) is 0. The van der Waals surface area contributed by atoms with Gasteiger partial charge in [0.1, 0.15) is 19.3 Å². The fraction of sp³-hybridized carbons (Fsp3) is 0.947. The zero-order valence-corrected chi connectivity index (χ0v) is 63.1. The maximum absolute atomic E-state index is 13.1. The molecule has 0 rings (SSSR count). The Labute approximate surface area is 575 Å². The smallest absolute Gasteiger partial charge is 0.462 e. The molecule has 0 aromatic carbocycles. The molecule has 2 unspecified atom stereocenters. The average Bonchev–Trinajstić information content (AvgIpc) is 1.96. The van der Waals surface area contributed by atoms with Gasteiger partial charge in [0.15, 0.2) is 12.2 Å². The zero-order chi connectivity index (χ0) is 69.3. The minimum Gasteiger partial charge on any atom is -0.462 e. The molecule has 0 heterocycles. The summed E-state index contributed by atoms with van der Waals surface area (Å²) < 4.78 is 68.4.